The maximum absolute atomic E-state index is 12.8. The van der Waals surface area contributed by atoms with Crippen LogP contribution in [0, 0.1) is 5.41 Å². The summed E-state index contributed by atoms with van der Waals surface area (Å²) in [6.45, 7) is 0.877. The Labute approximate surface area is 125 Å². The van der Waals surface area contributed by atoms with Gasteiger partial charge in [-0.2, -0.15) is 0 Å². The smallest absolute Gasteiger partial charge is 0.235 e. The van der Waals surface area contributed by atoms with Crippen molar-refractivity contribution >= 4 is 22.5 Å². The average Bonchev–Trinajstić information content (AvgIpc) is 2.80. The zero-order valence-corrected chi connectivity index (χ0v) is 12.2. The number of carbonyl (C=O) groups excluding carboxylic acids is 1. The highest BCUT2D eigenvalue weighted by Gasteiger charge is 2.52. The largest absolute Gasteiger partial charge is 0.309 e. The van der Waals surface area contributed by atoms with E-state index in [1.54, 1.807) is 6.20 Å². The molecule has 0 bridgehead atoms. The van der Waals surface area contributed by atoms with E-state index in [0.717, 1.165) is 36.0 Å². The SMILES string of the molecule is O=C1N(c2cccc3cccnc23)CC12CCCCCC2. The van der Waals surface area contributed by atoms with Gasteiger partial charge in [0.15, 0.2) is 0 Å². The van der Waals surface area contributed by atoms with Gasteiger partial charge in [-0.05, 0) is 25.0 Å². The predicted octanol–water partition coefficient (Wildman–Crippen LogP) is 3.92. The molecule has 1 saturated carbocycles. The van der Waals surface area contributed by atoms with Crippen molar-refractivity contribution in [2.75, 3.05) is 11.4 Å². The Hall–Kier alpha value is -1.90. The van der Waals surface area contributed by atoms with E-state index < -0.39 is 0 Å². The number of hydrogen-bond donors (Lipinski definition) is 0. The Morgan fingerprint density at radius 3 is 2.52 bits per heavy atom. The molecule has 1 saturated heterocycles. The van der Waals surface area contributed by atoms with E-state index in [-0.39, 0.29) is 5.41 Å². The Balaban J connectivity index is 1.67. The standard InChI is InChI=1S/C18H20N2O/c21-17-18(10-3-1-2-4-11-18)13-20(17)15-9-5-7-14-8-6-12-19-16(14)15/h5-9,12H,1-4,10-11,13H2. The number of anilines is 1. The number of para-hydroxylation sites is 1. The van der Waals surface area contributed by atoms with Crippen LogP contribution in [0.15, 0.2) is 36.5 Å². The van der Waals surface area contributed by atoms with E-state index in [4.69, 9.17) is 0 Å². The van der Waals surface area contributed by atoms with E-state index in [9.17, 15) is 4.79 Å². The van der Waals surface area contributed by atoms with Crippen molar-refractivity contribution in [3.63, 3.8) is 0 Å². The van der Waals surface area contributed by atoms with Crippen molar-refractivity contribution in [1.29, 1.82) is 0 Å². The lowest BCUT2D eigenvalue weighted by Gasteiger charge is -2.49. The summed E-state index contributed by atoms with van der Waals surface area (Å²) in [7, 11) is 0. The van der Waals surface area contributed by atoms with Gasteiger partial charge >= 0.3 is 0 Å². The summed E-state index contributed by atoms with van der Waals surface area (Å²) >= 11 is 0. The highest BCUT2D eigenvalue weighted by Crippen LogP contribution is 2.46. The van der Waals surface area contributed by atoms with Gasteiger partial charge in [0, 0.05) is 18.1 Å². The van der Waals surface area contributed by atoms with Crippen molar-refractivity contribution in [2.45, 2.75) is 38.5 Å². The van der Waals surface area contributed by atoms with Crippen molar-refractivity contribution < 1.29 is 4.79 Å². The highest BCUT2D eigenvalue weighted by molar-refractivity contribution is 6.09. The molecule has 2 fully saturated rings. The predicted molar refractivity (Wildman–Crippen MR) is 84.2 cm³/mol. The molecular weight excluding hydrogens is 260 g/mol. The Morgan fingerprint density at radius 1 is 1.00 bits per heavy atom. The Bertz CT molecular complexity index is 681. The topological polar surface area (TPSA) is 33.2 Å². The van der Waals surface area contributed by atoms with Crippen LogP contribution in [0.3, 0.4) is 0 Å². The number of aromatic nitrogens is 1. The molecule has 108 valence electrons. The molecule has 1 spiro atoms. The van der Waals surface area contributed by atoms with Gasteiger partial charge in [-0.15, -0.1) is 0 Å². The van der Waals surface area contributed by atoms with Crippen LogP contribution in [0.5, 0.6) is 0 Å². The van der Waals surface area contributed by atoms with Crippen molar-refractivity contribution in [3.8, 4) is 0 Å². The number of carbonyl (C=O) groups is 1. The molecule has 0 radical (unpaired) electrons. The first-order chi connectivity index (χ1) is 10.3. The molecule has 1 aromatic heterocycles. The van der Waals surface area contributed by atoms with Crippen LogP contribution in [0.4, 0.5) is 5.69 Å². The fourth-order valence-corrected chi connectivity index (χ4v) is 3.91. The maximum Gasteiger partial charge on any atom is 0.235 e. The number of benzene rings is 1. The lowest BCUT2D eigenvalue weighted by Crippen LogP contribution is -2.61. The summed E-state index contributed by atoms with van der Waals surface area (Å²) < 4.78 is 0. The Kier molecular flexibility index (Phi) is 2.95. The van der Waals surface area contributed by atoms with Crippen molar-refractivity contribution in [1.82, 2.24) is 4.98 Å². The minimum atomic E-state index is -0.0621. The van der Waals surface area contributed by atoms with Crippen LogP contribution in [-0.2, 0) is 4.79 Å². The monoisotopic (exact) mass is 280 g/mol. The molecule has 4 rings (SSSR count). The van der Waals surface area contributed by atoms with Gasteiger partial charge in [0.2, 0.25) is 5.91 Å². The number of fused-ring (bicyclic) bond motifs is 1. The molecule has 1 amide bonds. The van der Waals surface area contributed by atoms with Gasteiger partial charge in [-0.1, -0.05) is 43.9 Å². The summed E-state index contributed by atoms with van der Waals surface area (Å²) in [5, 5.41) is 1.10. The fourth-order valence-electron chi connectivity index (χ4n) is 3.91. The second-order valence-corrected chi connectivity index (χ2v) is 6.44. The van der Waals surface area contributed by atoms with Crippen LogP contribution in [0.2, 0.25) is 0 Å². The third-order valence-electron chi connectivity index (χ3n) is 5.12. The quantitative estimate of drug-likeness (QED) is 0.742. The molecule has 2 aliphatic rings. The highest BCUT2D eigenvalue weighted by atomic mass is 16.2. The summed E-state index contributed by atoms with van der Waals surface area (Å²) in [4.78, 5) is 19.3. The van der Waals surface area contributed by atoms with Gasteiger partial charge in [-0.3, -0.25) is 9.78 Å². The zero-order chi connectivity index (χ0) is 14.3. The number of pyridine rings is 1. The lowest BCUT2D eigenvalue weighted by atomic mass is 9.72. The van der Waals surface area contributed by atoms with Crippen LogP contribution < -0.4 is 4.90 Å². The van der Waals surface area contributed by atoms with Gasteiger partial charge < -0.3 is 4.90 Å². The first kappa shape index (κ1) is 12.8. The number of amides is 1. The van der Waals surface area contributed by atoms with E-state index in [0.29, 0.717) is 5.91 Å². The van der Waals surface area contributed by atoms with Crippen LogP contribution >= 0.6 is 0 Å². The molecule has 3 nitrogen and oxygen atoms in total. The summed E-state index contributed by atoms with van der Waals surface area (Å²) in [5.41, 5.74) is 1.86. The number of β-lactam (4-membered cyclic amide) rings is 1. The molecule has 2 aromatic rings. The first-order valence-electron chi connectivity index (χ1n) is 7.96. The first-order valence-corrected chi connectivity index (χ1v) is 7.96. The second kappa shape index (κ2) is 4.83. The van der Waals surface area contributed by atoms with Gasteiger partial charge in [-0.25, -0.2) is 0 Å². The van der Waals surface area contributed by atoms with Crippen LogP contribution in [0.25, 0.3) is 10.9 Å². The average molecular weight is 280 g/mol. The molecule has 0 N–H and O–H groups in total. The summed E-state index contributed by atoms with van der Waals surface area (Å²) in [6.07, 6.45) is 8.91. The van der Waals surface area contributed by atoms with Gasteiger partial charge in [0.1, 0.15) is 0 Å². The molecule has 1 aliphatic carbocycles. The van der Waals surface area contributed by atoms with Crippen molar-refractivity contribution in [2.24, 2.45) is 5.41 Å². The molecule has 3 heteroatoms. The molecule has 0 atom stereocenters. The maximum atomic E-state index is 12.8. The molecule has 2 heterocycles. The second-order valence-electron chi connectivity index (χ2n) is 6.44. The zero-order valence-electron chi connectivity index (χ0n) is 12.2. The number of hydrogen-bond acceptors (Lipinski definition) is 2. The molecule has 0 unspecified atom stereocenters. The minimum absolute atomic E-state index is 0.0621. The van der Waals surface area contributed by atoms with Crippen molar-refractivity contribution in [3.05, 3.63) is 36.5 Å². The summed E-state index contributed by atoms with van der Waals surface area (Å²) in [6, 6.07) is 10.1. The van der Waals surface area contributed by atoms with Gasteiger partial charge in [0.05, 0.1) is 16.6 Å². The molecule has 1 aromatic carbocycles. The minimum Gasteiger partial charge on any atom is -0.309 e. The van der Waals surface area contributed by atoms with E-state index in [1.807, 2.05) is 23.1 Å². The van der Waals surface area contributed by atoms with E-state index >= 15 is 0 Å². The van der Waals surface area contributed by atoms with E-state index in [2.05, 4.69) is 17.1 Å². The number of nitrogens with zero attached hydrogens (tertiary/aromatic N) is 2. The summed E-state index contributed by atoms with van der Waals surface area (Å²) in [5.74, 6) is 0.322. The lowest BCUT2D eigenvalue weighted by molar-refractivity contribution is -0.136. The number of rotatable bonds is 1. The van der Waals surface area contributed by atoms with E-state index in [1.165, 1.54) is 25.7 Å². The molecular formula is C18H20N2O. The third kappa shape index (κ3) is 1.95. The van der Waals surface area contributed by atoms with Crippen LogP contribution in [0.1, 0.15) is 38.5 Å². The third-order valence-corrected chi connectivity index (χ3v) is 5.12. The molecule has 1 aliphatic heterocycles. The fraction of sp³-hybridized carbons (Fsp3) is 0.444. The van der Waals surface area contributed by atoms with Gasteiger partial charge in [0.25, 0.3) is 0 Å². The molecule has 21 heavy (non-hydrogen) atoms. The van der Waals surface area contributed by atoms with Crippen LogP contribution in [-0.4, -0.2) is 17.4 Å². The Morgan fingerprint density at radius 2 is 1.76 bits per heavy atom. The normalized spacial score (nSPS) is 21.3.